The summed E-state index contributed by atoms with van der Waals surface area (Å²) in [4.78, 5) is 15.8. The number of nitrogens with zero attached hydrogens (tertiary/aromatic N) is 3. The van der Waals surface area contributed by atoms with Crippen LogP contribution >= 0.6 is 0 Å². The molecular weight excluding hydrogens is 343 g/mol. The molecule has 0 radical (unpaired) electrons. The highest BCUT2D eigenvalue weighted by Crippen LogP contribution is 2.22. The van der Waals surface area contributed by atoms with Gasteiger partial charge in [-0.3, -0.25) is 9.69 Å². The highest BCUT2D eigenvalue weighted by Gasteiger charge is 2.27. The fourth-order valence-corrected chi connectivity index (χ4v) is 3.06. The lowest BCUT2D eigenvalue weighted by Gasteiger charge is -2.37. The van der Waals surface area contributed by atoms with Crippen LogP contribution in [0, 0.1) is 28.8 Å². The first-order valence-electron chi connectivity index (χ1n) is 8.12. The Hall–Kier alpha value is -2.85. The Morgan fingerprint density at radius 2 is 1.50 bits per heavy atom. The van der Waals surface area contributed by atoms with Crippen molar-refractivity contribution in [2.45, 2.75) is 6.04 Å². The molecule has 0 aromatic heterocycles. The molecule has 0 saturated carbocycles. The van der Waals surface area contributed by atoms with Gasteiger partial charge in [0.25, 0.3) is 5.91 Å². The van der Waals surface area contributed by atoms with Crippen molar-refractivity contribution in [2.24, 2.45) is 0 Å². The number of hydrogen-bond acceptors (Lipinski definition) is 3. The Balaban J connectivity index is 1.67. The molecule has 4 nitrogen and oxygen atoms in total. The molecule has 1 fully saturated rings. The van der Waals surface area contributed by atoms with Gasteiger partial charge in [0.15, 0.2) is 0 Å². The lowest BCUT2D eigenvalue weighted by molar-refractivity contribution is 0.0605. The first kappa shape index (κ1) is 18.0. The zero-order valence-corrected chi connectivity index (χ0v) is 13.8. The number of rotatable bonds is 3. The molecule has 2 aromatic carbocycles. The van der Waals surface area contributed by atoms with E-state index in [0.29, 0.717) is 31.7 Å². The first-order valence-corrected chi connectivity index (χ1v) is 8.12. The number of nitriles is 1. The molecule has 0 spiro atoms. The van der Waals surface area contributed by atoms with Crippen LogP contribution in [0.5, 0.6) is 0 Å². The van der Waals surface area contributed by atoms with Crippen molar-refractivity contribution in [3.05, 3.63) is 71.0 Å². The molecule has 1 amide bonds. The first-order chi connectivity index (χ1) is 12.5. The summed E-state index contributed by atoms with van der Waals surface area (Å²) in [6.45, 7) is 1.52. The number of halogens is 3. The fourth-order valence-electron chi connectivity index (χ4n) is 3.06. The second-order valence-electron chi connectivity index (χ2n) is 6.07. The summed E-state index contributed by atoms with van der Waals surface area (Å²) in [5.74, 6) is -2.41. The molecule has 2 aromatic rings. The van der Waals surface area contributed by atoms with Gasteiger partial charge in [0.05, 0.1) is 6.07 Å². The van der Waals surface area contributed by atoms with Crippen LogP contribution in [-0.2, 0) is 0 Å². The molecule has 0 aliphatic carbocycles. The average Bonchev–Trinajstić information content (AvgIpc) is 2.63. The zero-order chi connectivity index (χ0) is 18.7. The molecule has 7 heteroatoms. The Labute approximate surface area is 149 Å². The lowest BCUT2D eigenvalue weighted by Crippen LogP contribution is -2.49. The van der Waals surface area contributed by atoms with Gasteiger partial charge in [0.1, 0.15) is 23.5 Å². The number of carbonyl (C=O) groups excluding carboxylic acids is 1. The molecule has 1 saturated heterocycles. The van der Waals surface area contributed by atoms with E-state index in [1.54, 1.807) is 12.1 Å². The van der Waals surface area contributed by atoms with Crippen LogP contribution < -0.4 is 0 Å². The highest BCUT2D eigenvalue weighted by molar-refractivity contribution is 5.94. The minimum atomic E-state index is -0.798. The molecule has 0 N–H and O–H groups in total. The Kier molecular flexibility index (Phi) is 5.24. The van der Waals surface area contributed by atoms with Gasteiger partial charge in [-0.1, -0.05) is 12.1 Å². The highest BCUT2D eigenvalue weighted by atomic mass is 19.1. The summed E-state index contributed by atoms with van der Waals surface area (Å²) in [7, 11) is 0. The minimum absolute atomic E-state index is 0.0358. The van der Waals surface area contributed by atoms with E-state index in [1.807, 2.05) is 4.90 Å². The molecule has 1 atom stereocenters. The third kappa shape index (κ3) is 3.86. The number of amides is 1. The van der Waals surface area contributed by atoms with E-state index in [0.717, 1.165) is 18.2 Å². The van der Waals surface area contributed by atoms with Crippen LogP contribution in [0.15, 0.2) is 42.5 Å². The molecule has 0 unspecified atom stereocenters. The van der Waals surface area contributed by atoms with Gasteiger partial charge >= 0.3 is 0 Å². The van der Waals surface area contributed by atoms with Crippen molar-refractivity contribution in [3.63, 3.8) is 0 Å². The van der Waals surface area contributed by atoms with Crippen molar-refractivity contribution in [1.29, 1.82) is 5.26 Å². The normalized spacial score (nSPS) is 16.2. The molecule has 3 rings (SSSR count). The molecule has 0 bridgehead atoms. The van der Waals surface area contributed by atoms with E-state index in [4.69, 9.17) is 0 Å². The Morgan fingerprint density at radius 3 is 2.04 bits per heavy atom. The third-order valence-corrected chi connectivity index (χ3v) is 4.38. The number of piperazine rings is 1. The van der Waals surface area contributed by atoms with E-state index >= 15 is 0 Å². The van der Waals surface area contributed by atoms with Crippen LogP contribution in [0.4, 0.5) is 13.2 Å². The number of benzene rings is 2. The second-order valence-corrected chi connectivity index (χ2v) is 6.07. The van der Waals surface area contributed by atoms with Gasteiger partial charge in [0, 0.05) is 37.8 Å². The summed E-state index contributed by atoms with van der Waals surface area (Å²) in [5, 5.41) is 9.47. The summed E-state index contributed by atoms with van der Waals surface area (Å²) >= 11 is 0. The minimum Gasteiger partial charge on any atom is -0.336 e. The monoisotopic (exact) mass is 359 g/mol. The van der Waals surface area contributed by atoms with Crippen molar-refractivity contribution >= 4 is 5.91 Å². The number of hydrogen-bond donors (Lipinski definition) is 0. The SMILES string of the molecule is N#C[C@@H](c1ccc(F)cc1)N1CCN(C(=O)c2cc(F)cc(F)c2)CC1. The summed E-state index contributed by atoms with van der Waals surface area (Å²) < 4.78 is 39.7. The van der Waals surface area contributed by atoms with E-state index in [-0.39, 0.29) is 11.4 Å². The van der Waals surface area contributed by atoms with Crippen molar-refractivity contribution < 1.29 is 18.0 Å². The summed E-state index contributed by atoms with van der Waals surface area (Å²) in [6.07, 6.45) is 0. The molecular formula is C19H16F3N3O. The average molecular weight is 359 g/mol. The van der Waals surface area contributed by atoms with Crippen molar-refractivity contribution in [1.82, 2.24) is 9.80 Å². The van der Waals surface area contributed by atoms with Gasteiger partial charge in [-0.2, -0.15) is 5.26 Å². The van der Waals surface area contributed by atoms with Crippen molar-refractivity contribution in [2.75, 3.05) is 26.2 Å². The second kappa shape index (κ2) is 7.58. The van der Waals surface area contributed by atoms with E-state index in [2.05, 4.69) is 6.07 Å². The molecule has 1 aliphatic heterocycles. The Bertz CT molecular complexity index is 820. The largest absolute Gasteiger partial charge is 0.336 e. The van der Waals surface area contributed by atoms with E-state index in [9.17, 15) is 23.2 Å². The molecule has 1 aliphatic rings. The smallest absolute Gasteiger partial charge is 0.254 e. The van der Waals surface area contributed by atoms with Gasteiger partial charge in [-0.15, -0.1) is 0 Å². The maximum Gasteiger partial charge on any atom is 0.254 e. The fraction of sp³-hybridized carbons (Fsp3) is 0.263. The molecule has 1 heterocycles. The standard InChI is InChI=1S/C19H16F3N3O/c20-15-3-1-13(2-4-15)18(12-23)24-5-7-25(8-6-24)19(26)14-9-16(21)11-17(22)10-14/h1-4,9-11,18H,5-8H2/t18-/m0/s1. The lowest BCUT2D eigenvalue weighted by atomic mass is 10.1. The zero-order valence-electron chi connectivity index (χ0n) is 13.8. The number of carbonyl (C=O) groups is 1. The predicted molar refractivity (Wildman–Crippen MR) is 88.6 cm³/mol. The Morgan fingerprint density at radius 1 is 0.923 bits per heavy atom. The quantitative estimate of drug-likeness (QED) is 0.846. The van der Waals surface area contributed by atoms with Gasteiger partial charge < -0.3 is 4.90 Å². The predicted octanol–water partition coefficient (Wildman–Crippen LogP) is 3.13. The van der Waals surface area contributed by atoms with Crippen LogP contribution in [-0.4, -0.2) is 41.9 Å². The van der Waals surface area contributed by atoms with Gasteiger partial charge in [-0.25, -0.2) is 13.2 Å². The van der Waals surface area contributed by atoms with E-state index < -0.39 is 23.6 Å². The molecule has 134 valence electrons. The van der Waals surface area contributed by atoms with Crippen LogP contribution in [0.3, 0.4) is 0 Å². The van der Waals surface area contributed by atoms with Crippen LogP contribution in [0.25, 0.3) is 0 Å². The van der Waals surface area contributed by atoms with Crippen molar-refractivity contribution in [3.8, 4) is 6.07 Å². The van der Waals surface area contributed by atoms with Gasteiger partial charge in [0.2, 0.25) is 0 Å². The van der Waals surface area contributed by atoms with Gasteiger partial charge in [-0.05, 0) is 29.8 Å². The summed E-state index contributed by atoms with van der Waals surface area (Å²) in [6, 6.07) is 10.1. The van der Waals surface area contributed by atoms with Crippen LogP contribution in [0.2, 0.25) is 0 Å². The summed E-state index contributed by atoms with van der Waals surface area (Å²) in [5.41, 5.74) is 0.646. The van der Waals surface area contributed by atoms with Crippen LogP contribution in [0.1, 0.15) is 22.0 Å². The molecule has 26 heavy (non-hydrogen) atoms. The topological polar surface area (TPSA) is 47.3 Å². The maximum absolute atomic E-state index is 13.3. The maximum atomic E-state index is 13.3. The van der Waals surface area contributed by atoms with E-state index in [1.165, 1.54) is 17.0 Å². The third-order valence-electron chi connectivity index (χ3n) is 4.38.